The molecule has 3 rings (SSSR count). The fourth-order valence-corrected chi connectivity index (χ4v) is 3.03. The molecule has 2 heterocycles. The molecule has 1 aliphatic heterocycles. The minimum Gasteiger partial charge on any atom is -0.376 e. The molecule has 0 radical (unpaired) electrons. The number of aryl methyl sites for hydroxylation is 1. The van der Waals surface area contributed by atoms with Crippen molar-refractivity contribution in [3.05, 3.63) is 45.7 Å². The normalized spacial score (nSPS) is 17.6. The Bertz CT molecular complexity index is 775. The predicted molar refractivity (Wildman–Crippen MR) is 89.4 cm³/mol. The van der Waals surface area contributed by atoms with E-state index in [4.69, 9.17) is 4.74 Å². The monoisotopic (exact) mass is 314 g/mol. The molecule has 1 fully saturated rings. The molecule has 23 heavy (non-hydrogen) atoms. The van der Waals surface area contributed by atoms with E-state index in [0.29, 0.717) is 18.7 Å². The van der Waals surface area contributed by atoms with Gasteiger partial charge in [0.25, 0.3) is 5.56 Å². The number of benzene rings is 1. The number of aromatic nitrogens is 1. The van der Waals surface area contributed by atoms with Crippen molar-refractivity contribution >= 4 is 16.8 Å². The summed E-state index contributed by atoms with van der Waals surface area (Å²) in [7, 11) is 0. The average Bonchev–Trinajstić information content (AvgIpc) is 3.00. The van der Waals surface area contributed by atoms with E-state index in [1.165, 1.54) is 6.92 Å². The molecule has 5 nitrogen and oxygen atoms in total. The molecule has 1 N–H and O–H groups in total. The molecule has 0 unspecified atom stereocenters. The molecule has 0 spiro atoms. The maximum Gasteiger partial charge on any atom is 0.253 e. The Hall–Kier alpha value is -2.14. The van der Waals surface area contributed by atoms with Crippen LogP contribution in [0.2, 0.25) is 0 Å². The van der Waals surface area contributed by atoms with Gasteiger partial charge < -0.3 is 14.6 Å². The van der Waals surface area contributed by atoms with Crippen molar-refractivity contribution < 1.29 is 9.53 Å². The number of nitrogens with one attached hydrogen (secondary N) is 1. The van der Waals surface area contributed by atoms with Crippen LogP contribution in [0.15, 0.2) is 29.1 Å². The number of hydrogen-bond acceptors (Lipinski definition) is 3. The van der Waals surface area contributed by atoms with Gasteiger partial charge in [0.1, 0.15) is 0 Å². The second kappa shape index (κ2) is 6.54. The number of H-pyrrole nitrogens is 1. The summed E-state index contributed by atoms with van der Waals surface area (Å²) in [5.41, 5.74) is 2.42. The van der Waals surface area contributed by atoms with Gasteiger partial charge in [-0.05, 0) is 43.4 Å². The third-order valence-corrected chi connectivity index (χ3v) is 4.33. The molecular formula is C18H22N2O3. The van der Waals surface area contributed by atoms with Crippen LogP contribution in [0, 0.1) is 6.92 Å². The SMILES string of the molecule is CC(=O)N(Cc1cc2cc(C)ccc2[nH]c1=O)C[C@@H]1CCCO1. The third kappa shape index (κ3) is 3.62. The van der Waals surface area contributed by atoms with Crippen molar-refractivity contribution in [1.29, 1.82) is 0 Å². The van der Waals surface area contributed by atoms with Crippen molar-refractivity contribution in [2.75, 3.05) is 13.2 Å². The Morgan fingerprint density at radius 1 is 1.39 bits per heavy atom. The van der Waals surface area contributed by atoms with E-state index in [0.717, 1.165) is 35.9 Å². The lowest BCUT2D eigenvalue weighted by Gasteiger charge is -2.24. The lowest BCUT2D eigenvalue weighted by atomic mass is 10.1. The first kappa shape index (κ1) is 15.7. The summed E-state index contributed by atoms with van der Waals surface area (Å²) >= 11 is 0. The molecule has 1 amide bonds. The van der Waals surface area contributed by atoms with E-state index in [1.807, 2.05) is 31.2 Å². The van der Waals surface area contributed by atoms with Crippen molar-refractivity contribution in [1.82, 2.24) is 9.88 Å². The number of nitrogens with zero attached hydrogens (tertiary/aromatic N) is 1. The van der Waals surface area contributed by atoms with Crippen LogP contribution in [0.4, 0.5) is 0 Å². The van der Waals surface area contributed by atoms with E-state index in [1.54, 1.807) is 4.90 Å². The van der Waals surface area contributed by atoms with Crippen LogP contribution >= 0.6 is 0 Å². The van der Waals surface area contributed by atoms with Crippen LogP contribution in [0.3, 0.4) is 0 Å². The number of pyridine rings is 1. The van der Waals surface area contributed by atoms with Gasteiger partial charge in [-0.15, -0.1) is 0 Å². The molecule has 1 aromatic carbocycles. The Balaban J connectivity index is 1.86. The summed E-state index contributed by atoms with van der Waals surface area (Å²) in [5, 5.41) is 0.986. The van der Waals surface area contributed by atoms with Crippen LogP contribution in [-0.2, 0) is 16.1 Å². The molecule has 0 aliphatic carbocycles. The van der Waals surface area contributed by atoms with E-state index >= 15 is 0 Å². The van der Waals surface area contributed by atoms with Crippen molar-refractivity contribution in [3.63, 3.8) is 0 Å². The quantitative estimate of drug-likeness (QED) is 0.942. The van der Waals surface area contributed by atoms with Gasteiger partial charge in [-0.3, -0.25) is 9.59 Å². The highest BCUT2D eigenvalue weighted by atomic mass is 16.5. The van der Waals surface area contributed by atoms with Crippen molar-refractivity contribution in [2.45, 2.75) is 39.3 Å². The second-order valence-corrected chi connectivity index (χ2v) is 6.25. The van der Waals surface area contributed by atoms with Gasteiger partial charge in [0.2, 0.25) is 5.91 Å². The maximum atomic E-state index is 12.3. The molecule has 0 bridgehead atoms. The second-order valence-electron chi connectivity index (χ2n) is 6.25. The standard InChI is InChI=1S/C18H22N2O3/c1-12-5-6-17-14(8-12)9-15(18(22)19-17)10-20(13(2)21)11-16-4-3-7-23-16/h5-6,8-9,16H,3-4,7,10-11H2,1-2H3,(H,19,22)/t16-/m0/s1. The first-order chi connectivity index (χ1) is 11.0. The smallest absolute Gasteiger partial charge is 0.253 e. The zero-order valence-electron chi connectivity index (χ0n) is 13.6. The first-order valence-electron chi connectivity index (χ1n) is 8.02. The third-order valence-electron chi connectivity index (χ3n) is 4.33. The molecule has 1 aromatic heterocycles. The molecule has 2 aromatic rings. The highest BCUT2D eigenvalue weighted by molar-refractivity contribution is 5.80. The van der Waals surface area contributed by atoms with Gasteiger partial charge in [-0.1, -0.05) is 11.6 Å². The lowest BCUT2D eigenvalue weighted by molar-refractivity contribution is -0.131. The van der Waals surface area contributed by atoms with E-state index < -0.39 is 0 Å². The summed E-state index contributed by atoms with van der Waals surface area (Å²) in [6.45, 7) is 5.17. The minimum atomic E-state index is -0.139. The van der Waals surface area contributed by atoms with Gasteiger partial charge in [0.15, 0.2) is 0 Å². The zero-order valence-corrected chi connectivity index (χ0v) is 13.6. The Labute approximate surface area is 135 Å². The number of rotatable bonds is 4. The lowest BCUT2D eigenvalue weighted by Crippen LogP contribution is -2.36. The molecule has 5 heteroatoms. The minimum absolute atomic E-state index is 0.0377. The van der Waals surface area contributed by atoms with Crippen LogP contribution in [0.5, 0.6) is 0 Å². The summed E-state index contributed by atoms with van der Waals surface area (Å²) in [6.07, 6.45) is 2.09. The number of ether oxygens (including phenoxy) is 1. The Morgan fingerprint density at radius 3 is 2.91 bits per heavy atom. The summed E-state index contributed by atoms with van der Waals surface area (Å²) in [6, 6.07) is 7.79. The largest absolute Gasteiger partial charge is 0.376 e. The van der Waals surface area contributed by atoms with Gasteiger partial charge in [0.05, 0.1) is 12.6 Å². The van der Waals surface area contributed by atoms with Gasteiger partial charge in [-0.25, -0.2) is 0 Å². The fourth-order valence-electron chi connectivity index (χ4n) is 3.03. The zero-order chi connectivity index (χ0) is 16.4. The molecule has 1 atom stereocenters. The molecule has 122 valence electrons. The summed E-state index contributed by atoms with van der Waals surface area (Å²) < 4.78 is 5.61. The predicted octanol–water partition coefficient (Wildman–Crippen LogP) is 2.36. The molecular weight excluding hydrogens is 292 g/mol. The van der Waals surface area contributed by atoms with Gasteiger partial charge in [0, 0.05) is 31.2 Å². The number of carbonyl (C=O) groups excluding carboxylic acids is 1. The maximum absolute atomic E-state index is 12.3. The number of carbonyl (C=O) groups is 1. The van der Waals surface area contributed by atoms with Crippen molar-refractivity contribution in [2.24, 2.45) is 0 Å². The molecule has 1 aliphatic rings. The van der Waals surface area contributed by atoms with Gasteiger partial charge >= 0.3 is 0 Å². The van der Waals surface area contributed by atoms with Crippen LogP contribution in [-0.4, -0.2) is 35.0 Å². The summed E-state index contributed by atoms with van der Waals surface area (Å²) in [5.74, 6) is -0.0377. The number of fused-ring (bicyclic) bond motifs is 1. The Morgan fingerprint density at radius 2 is 2.22 bits per heavy atom. The number of aromatic amines is 1. The Kier molecular flexibility index (Phi) is 4.48. The summed E-state index contributed by atoms with van der Waals surface area (Å²) in [4.78, 5) is 28.8. The highest BCUT2D eigenvalue weighted by Gasteiger charge is 2.21. The highest BCUT2D eigenvalue weighted by Crippen LogP contribution is 2.17. The van der Waals surface area contributed by atoms with E-state index in [-0.39, 0.29) is 17.6 Å². The van der Waals surface area contributed by atoms with Crippen molar-refractivity contribution in [3.8, 4) is 0 Å². The van der Waals surface area contributed by atoms with Crippen LogP contribution in [0.25, 0.3) is 10.9 Å². The topological polar surface area (TPSA) is 62.4 Å². The van der Waals surface area contributed by atoms with E-state index in [9.17, 15) is 9.59 Å². The fraction of sp³-hybridized carbons (Fsp3) is 0.444. The van der Waals surface area contributed by atoms with Crippen LogP contribution in [0.1, 0.15) is 30.9 Å². The first-order valence-corrected chi connectivity index (χ1v) is 8.02. The molecule has 0 saturated carbocycles. The number of amides is 1. The average molecular weight is 314 g/mol. The van der Waals surface area contributed by atoms with Gasteiger partial charge in [-0.2, -0.15) is 0 Å². The molecule has 1 saturated heterocycles. The number of hydrogen-bond donors (Lipinski definition) is 1. The van der Waals surface area contributed by atoms with E-state index in [2.05, 4.69) is 4.98 Å². The van der Waals surface area contributed by atoms with Crippen LogP contribution < -0.4 is 5.56 Å².